The van der Waals surface area contributed by atoms with Crippen molar-refractivity contribution in [3.05, 3.63) is 155 Å². The minimum atomic E-state index is -0.460. The maximum absolute atomic E-state index is 13.5. The third-order valence-electron chi connectivity index (χ3n) is 7.83. The van der Waals surface area contributed by atoms with Crippen LogP contribution in [-0.2, 0) is 11.2 Å². The monoisotopic (exact) mass is 623 g/mol. The third-order valence-corrected chi connectivity index (χ3v) is 8.82. The molecule has 6 nitrogen and oxygen atoms in total. The molecule has 7 heteroatoms. The number of nitrogens with one attached hydrogen (secondary N) is 2. The average molecular weight is 624 g/mol. The van der Waals surface area contributed by atoms with Gasteiger partial charge in [-0.25, -0.2) is 0 Å². The Balaban J connectivity index is 1.14. The second-order valence-electron chi connectivity index (χ2n) is 11.3. The smallest absolute Gasteiger partial charge is 0.272 e. The fourth-order valence-corrected chi connectivity index (χ4v) is 6.24. The molecule has 5 aromatic rings. The van der Waals surface area contributed by atoms with E-state index in [-0.39, 0.29) is 23.1 Å². The lowest BCUT2D eigenvalue weighted by Crippen LogP contribution is -2.30. The van der Waals surface area contributed by atoms with E-state index in [1.54, 1.807) is 36.4 Å². The molecular formula is C39H33N3O3S. The highest BCUT2D eigenvalue weighted by Crippen LogP contribution is 2.37. The van der Waals surface area contributed by atoms with E-state index in [1.165, 1.54) is 34.0 Å². The van der Waals surface area contributed by atoms with Crippen LogP contribution in [0.2, 0.25) is 0 Å². The Morgan fingerprint density at radius 2 is 1.48 bits per heavy atom. The zero-order valence-corrected chi connectivity index (χ0v) is 26.4. The molecule has 0 bridgehead atoms. The largest absolute Gasteiger partial charge is 0.378 e. The molecule has 5 aromatic carbocycles. The zero-order chi connectivity index (χ0) is 32.0. The number of fused-ring (bicyclic) bond motifs is 3. The van der Waals surface area contributed by atoms with Crippen LogP contribution >= 0.6 is 11.8 Å². The Bertz CT molecular complexity index is 1950. The number of carbonyl (C=O) groups is 3. The molecule has 0 aliphatic heterocycles. The fraction of sp³-hybridized carbons (Fsp3) is 0.103. The molecule has 0 radical (unpaired) electrons. The Morgan fingerprint density at radius 1 is 0.739 bits per heavy atom. The Labute approximate surface area is 273 Å². The predicted octanol–water partition coefficient (Wildman–Crippen LogP) is 7.71. The molecule has 0 fully saturated rings. The second-order valence-corrected chi connectivity index (χ2v) is 12.3. The van der Waals surface area contributed by atoms with Crippen LogP contribution in [0.25, 0.3) is 17.2 Å². The second kappa shape index (κ2) is 13.7. The highest BCUT2D eigenvalue weighted by Gasteiger charge is 2.20. The summed E-state index contributed by atoms with van der Waals surface area (Å²) in [6, 6.07) is 38.1. The molecule has 2 amide bonds. The van der Waals surface area contributed by atoms with E-state index >= 15 is 0 Å². The lowest BCUT2D eigenvalue weighted by atomic mass is 10.0. The molecule has 0 heterocycles. The number of hydrogen-bond donors (Lipinski definition) is 2. The van der Waals surface area contributed by atoms with Gasteiger partial charge >= 0.3 is 0 Å². The maximum atomic E-state index is 13.5. The van der Waals surface area contributed by atoms with E-state index in [2.05, 4.69) is 22.8 Å². The van der Waals surface area contributed by atoms with Crippen molar-refractivity contribution in [3.63, 3.8) is 0 Å². The van der Waals surface area contributed by atoms with Gasteiger partial charge in [0.2, 0.25) is 0 Å². The van der Waals surface area contributed by atoms with Gasteiger partial charge in [-0.15, -0.1) is 11.8 Å². The normalized spacial score (nSPS) is 11.7. The van der Waals surface area contributed by atoms with Crippen molar-refractivity contribution in [1.29, 1.82) is 0 Å². The van der Waals surface area contributed by atoms with Gasteiger partial charge in [0.05, 0.1) is 5.75 Å². The first kappa shape index (κ1) is 30.6. The van der Waals surface area contributed by atoms with Gasteiger partial charge in [-0.2, -0.15) is 0 Å². The number of hydrogen-bond acceptors (Lipinski definition) is 5. The SMILES string of the molecule is CN(C)c1ccc(/C=C(\NC(=O)c2ccccc2)C(=O)Nc2cccc(SCC(=O)c3ccc4c(c3)Cc3ccccc3-4)c2)cc1. The summed E-state index contributed by atoms with van der Waals surface area (Å²) >= 11 is 1.42. The number of anilines is 2. The minimum Gasteiger partial charge on any atom is -0.378 e. The summed E-state index contributed by atoms with van der Waals surface area (Å²) in [5.41, 5.74) is 8.50. The van der Waals surface area contributed by atoms with Crippen molar-refractivity contribution in [2.24, 2.45) is 0 Å². The number of benzene rings is 5. The van der Waals surface area contributed by atoms with E-state index < -0.39 is 5.91 Å². The number of amides is 2. The number of carbonyl (C=O) groups excluding carboxylic acids is 3. The van der Waals surface area contributed by atoms with Crippen molar-refractivity contribution in [2.45, 2.75) is 11.3 Å². The van der Waals surface area contributed by atoms with Crippen molar-refractivity contribution < 1.29 is 14.4 Å². The molecule has 0 unspecified atom stereocenters. The molecule has 0 atom stereocenters. The van der Waals surface area contributed by atoms with Crippen LogP contribution in [0.5, 0.6) is 0 Å². The summed E-state index contributed by atoms with van der Waals surface area (Å²) in [5, 5.41) is 5.70. The van der Waals surface area contributed by atoms with E-state index in [0.717, 1.165) is 22.6 Å². The Morgan fingerprint density at radius 3 is 2.26 bits per heavy atom. The summed E-state index contributed by atoms with van der Waals surface area (Å²) < 4.78 is 0. The van der Waals surface area contributed by atoms with Crippen LogP contribution in [0.4, 0.5) is 11.4 Å². The van der Waals surface area contributed by atoms with Crippen molar-refractivity contribution in [1.82, 2.24) is 5.32 Å². The topological polar surface area (TPSA) is 78.5 Å². The van der Waals surface area contributed by atoms with Crippen LogP contribution in [-0.4, -0.2) is 37.4 Å². The Hall–Kier alpha value is -5.40. The van der Waals surface area contributed by atoms with Gasteiger partial charge in [-0.05, 0) is 88.8 Å². The van der Waals surface area contributed by atoms with E-state index in [4.69, 9.17) is 0 Å². The van der Waals surface area contributed by atoms with Gasteiger partial charge in [0, 0.05) is 41.5 Å². The van der Waals surface area contributed by atoms with Crippen LogP contribution in [0.1, 0.15) is 37.4 Å². The summed E-state index contributed by atoms with van der Waals surface area (Å²) in [5.74, 6) is -0.527. The molecular weight excluding hydrogens is 591 g/mol. The summed E-state index contributed by atoms with van der Waals surface area (Å²) in [7, 11) is 3.91. The first-order valence-corrected chi connectivity index (χ1v) is 16.0. The summed E-state index contributed by atoms with van der Waals surface area (Å²) in [6.45, 7) is 0. The number of Topliss-reactive ketones (excluding diaryl/α,β-unsaturated/α-hetero) is 1. The molecule has 1 aliphatic carbocycles. The number of nitrogens with zero attached hydrogens (tertiary/aromatic N) is 1. The highest BCUT2D eigenvalue weighted by molar-refractivity contribution is 8.00. The quantitative estimate of drug-likeness (QED) is 0.0929. The molecule has 1 aliphatic rings. The fourth-order valence-electron chi connectivity index (χ4n) is 5.39. The highest BCUT2D eigenvalue weighted by atomic mass is 32.2. The number of rotatable bonds is 10. The van der Waals surface area contributed by atoms with Gasteiger partial charge < -0.3 is 15.5 Å². The molecule has 228 valence electrons. The lowest BCUT2D eigenvalue weighted by molar-refractivity contribution is -0.113. The Kier molecular flexibility index (Phi) is 9.13. The lowest BCUT2D eigenvalue weighted by Gasteiger charge is -2.14. The van der Waals surface area contributed by atoms with Crippen molar-refractivity contribution in [2.75, 3.05) is 30.1 Å². The predicted molar refractivity (Wildman–Crippen MR) is 187 cm³/mol. The summed E-state index contributed by atoms with van der Waals surface area (Å²) in [4.78, 5) is 42.5. The molecule has 2 N–H and O–H groups in total. The van der Waals surface area contributed by atoms with Gasteiger partial charge in [0.15, 0.2) is 5.78 Å². The standard InChI is InChI=1S/C39H33N3O3S/c1-42(2)32-18-15-26(16-19-32)21-36(41-38(44)27-9-4-3-5-10-27)39(45)40-31-12-8-13-33(24-31)46-25-37(43)29-17-20-35-30(23-29)22-28-11-6-7-14-34(28)35/h3-21,23-24H,22,25H2,1-2H3,(H,40,45)(H,41,44)/b36-21-. The maximum Gasteiger partial charge on any atom is 0.272 e. The van der Waals surface area contributed by atoms with Gasteiger partial charge in [-0.1, -0.05) is 72.8 Å². The average Bonchev–Trinajstić information content (AvgIpc) is 3.45. The van der Waals surface area contributed by atoms with Crippen LogP contribution in [0.15, 0.2) is 132 Å². The first-order valence-electron chi connectivity index (χ1n) is 15.0. The van der Waals surface area contributed by atoms with Crippen LogP contribution in [0, 0.1) is 0 Å². The van der Waals surface area contributed by atoms with Crippen LogP contribution < -0.4 is 15.5 Å². The molecule has 0 spiro atoms. The summed E-state index contributed by atoms with van der Waals surface area (Å²) in [6.07, 6.45) is 2.49. The molecule has 0 aromatic heterocycles. The van der Waals surface area contributed by atoms with Crippen molar-refractivity contribution >= 4 is 46.8 Å². The van der Waals surface area contributed by atoms with Crippen LogP contribution in [0.3, 0.4) is 0 Å². The zero-order valence-electron chi connectivity index (χ0n) is 25.6. The van der Waals surface area contributed by atoms with Crippen molar-refractivity contribution in [3.8, 4) is 11.1 Å². The van der Waals surface area contributed by atoms with E-state index in [0.29, 0.717) is 16.8 Å². The van der Waals surface area contributed by atoms with Gasteiger partial charge in [0.25, 0.3) is 11.8 Å². The third kappa shape index (κ3) is 7.11. The molecule has 46 heavy (non-hydrogen) atoms. The first-order chi connectivity index (χ1) is 22.3. The molecule has 6 rings (SSSR count). The van der Waals surface area contributed by atoms with Gasteiger partial charge in [0.1, 0.15) is 5.70 Å². The van der Waals surface area contributed by atoms with Gasteiger partial charge in [-0.3, -0.25) is 14.4 Å². The van der Waals surface area contributed by atoms with E-state index in [1.807, 2.05) is 97.9 Å². The molecule has 0 saturated heterocycles. The molecule has 0 saturated carbocycles. The number of thioether (sulfide) groups is 1. The van der Waals surface area contributed by atoms with E-state index in [9.17, 15) is 14.4 Å². The number of ketones is 1. The minimum absolute atomic E-state index is 0.0484.